The maximum Gasteiger partial charge on any atom is 0.131 e. The zero-order valence-electron chi connectivity index (χ0n) is 12.9. The van der Waals surface area contributed by atoms with Crippen LogP contribution in [-0.2, 0) is 21.7 Å². The predicted molar refractivity (Wildman–Crippen MR) is 93.1 cm³/mol. The molecule has 1 aromatic carbocycles. The van der Waals surface area contributed by atoms with E-state index in [0.29, 0.717) is 5.54 Å². The summed E-state index contributed by atoms with van der Waals surface area (Å²) >= 11 is 0. The first-order valence-corrected chi connectivity index (χ1v) is 9.44. The van der Waals surface area contributed by atoms with Crippen molar-refractivity contribution in [1.29, 1.82) is 0 Å². The Labute approximate surface area is 151 Å². The Morgan fingerprint density at radius 1 is 1.05 bits per heavy atom. The summed E-state index contributed by atoms with van der Waals surface area (Å²) in [5.74, 6) is 0. The van der Waals surface area contributed by atoms with Gasteiger partial charge in [-0.3, -0.25) is 0 Å². The van der Waals surface area contributed by atoms with Crippen molar-refractivity contribution in [2.75, 3.05) is 0 Å². The molecule has 1 aromatic rings. The summed E-state index contributed by atoms with van der Waals surface area (Å²) in [5, 5.41) is 0. The average molecular weight is 366 g/mol. The normalized spacial score (nSPS) is 16.6. The Morgan fingerprint density at radius 2 is 1.60 bits per heavy atom. The third-order valence-electron chi connectivity index (χ3n) is 3.27. The average Bonchev–Trinajstić information content (AvgIpc) is 2.57. The van der Waals surface area contributed by atoms with Crippen LogP contribution in [0.5, 0.6) is 0 Å². The molecular formula is C15H25Cl2NSiTi. The van der Waals surface area contributed by atoms with Crippen LogP contribution in [0.1, 0.15) is 37.4 Å². The molecule has 1 aliphatic rings. The summed E-state index contributed by atoms with van der Waals surface area (Å²) in [6.07, 6.45) is 4.66. The van der Waals surface area contributed by atoms with Crippen molar-refractivity contribution in [3.8, 4) is 0 Å². The first-order valence-electron chi connectivity index (χ1n) is 6.36. The van der Waals surface area contributed by atoms with E-state index >= 15 is 0 Å². The van der Waals surface area contributed by atoms with Crippen molar-refractivity contribution >= 4 is 39.1 Å². The minimum absolute atomic E-state index is 0. The van der Waals surface area contributed by atoms with Gasteiger partial charge >= 0.3 is 0 Å². The second-order valence-corrected chi connectivity index (χ2v) is 10.9. The molecule has 0 aromatic heterocycles. The first kappa shape index (κ1) is 22.7. The number of allylic oxidation sites excluding steroid dienone is 1. The first-order chi connectivity index (χ1) is 7.80. The Kier molecular flexibility index (Phi) is 9.27. The fraction of sp³-hybridized carbons (Fsp3) is 0.467. The van der Waals surface area contributed by atoms with Gasteiger partial charge in [0, 0.05) is 32.8 Å². The van der Waals surface area contributed by atoms with E-state index in [1.165, 1.54) is 11.1 Å². The summed E-state index contributed by atoms with van der Waals surface area (Å²) < 4.78 is 0. The van der Waals surface area contributed by atoms with Gasteiger partial charge in [0.1, 0.15) is 8.24 Å². The standard InChI is InChI=1S/C15H23NSi.2ClH.Ti/c1-15(2,3)16-17(4,5)14-11-10-12-8-6-7-9-13(12)14;;;/h6-11,14,16H,1-5H3;2*1H;. The topological polar surface area (TPSA) is 12.0 Å². The molecule has 5 heteroatoms. The van der Waals surface area contributed by atoms with Crippen LogP contribution in [0.25, 0.3) is 6.08 Å². The fourth-order valence-corrected chi connectivity index (χ4v) is 6.63. The van der Waals surface area contributed by atoms with Crippen molar-refractivity contribution in [1.82, 2.24) is 4.98 Å². The minimum atomic E-state index is -1.49. The second-order valence-electron chi connectivity index (χ2n) is 6.56. The van der Waals surface area contributed by atoms with Crippen LogP contribution in [0.2, 0.25) is 13.1 Å². The van der Waals surface area contributed by atoms with Gasteiger partial charge < -0.3 is 4.98 Å². The molecule has 0 bridgehead atoms. The zero-order chi connectivity index (χ0) is 12.7. The smallest absolute Gasteiger partial charge is 0.131 e. The third kappa shape index (κ3) is 5.32. The number of nitrogens with one attached hydrogen (secondary N) is 1. The molecule has 1 aliphatic carbocycles. The Balaban J connectivity index is 0. The number of rotatable bonds is 2. The SMILES string of the molecule is CC(C)(C)N[Si](C)(C)C1C=Cc2ccccc21.Cl.Cl.[Ti]. The van der Waals surface area contributed by atoms with Gasteiger partial charge in [0.15, 0.2) is 0 Å². The summed E-state index contributed by atoms with van der Waals surface area (Å²) in [4.78, 5) is 3.87. The predicted octanol–water partition coefficient (Wildman–Crippen LogP) is 4.77. The molecule has 112 valence electrons. The van der Waals surface area contributed by atoms with Gasteiger partial charge in [-0.2, -0.15) is 0 Å². The zero-order valence-corrected chi connectivity index (χ0v) is 17.1. The Bertz CT molecular complexity index is 455. The van der Waals surface area contributed by atoms with Crippen molar-refractivity contribution in [2.24, 2.45) is 0 Å². The fourth-order valence-electron chi connectivity index (χ4n) is 2.92. The molecule has 1 N–H and O–H groups in total. The monoisotopic (exact) mass is 365 g/mol. The van der Waals surface area contributed by atoms with E-state index < -0.39 is 8.24 Å². The van der Waals surface area contributed by atoms with Gasteiger partial charge in [-0.05, 0) is 31.9 Å². The van der Waals surface area contributed by atoms with E-state index in [1.54, 1.807) is 0 Å². The van der Waals surface area contributed by atoms with Crippen LogP contribution >= 0.6 is 24.8 Å². The van der Waals surface area contributed by atoms with Gasteiger partial charge in [-0.15, -0.1) is 24.8 Å². The van der Waals surface area contributed by atoms with Crippen LogP contribution in [0, 0.1) is 0 Å². The Morgan fingerprint density at radius 3 is 2.15 bits per heavy atom. The molecule has 0 fully saturated rings. The van der Waals surface area contributed by atoms with E-state index in [2.05, 4.69) is 75.3 Å². The molecule has 0 heterocycles. The van der Waals surface area contributed by atoms with Crippen molar-refractivity contribution in [3.05, 3.63) is 41.5 Å². The van der Waals surface area contributed by atoms with E-state index in [-0.39, 0.29) is 52.1 Å². The summed E-state index contributed by atoms with van der Waals surface area (Å²) in [7, 11) is -1.49. The van der Waals surface area contributed by atoms with Crippen LogP contribution in [0.15, 0.2) is 30.3 Å². The van der Waals surface area contributed by atoms with Crippen LogP contribution in [-0.4, -0.2) is 13.8 Å². The van der Waals surface area contributed by atoms with E-state index in [0.717, 1.165) is 0 Å². The molecule has 0 saturated carbocycles. The molecule has 0 aliphatic heterocycles. The quantitative estimate of drug-likeness (QED) is 0.744. The molecular weight excluding hydrogens is 341 g/mol. The van der Waals surface area contributed by atoms with Gasteiger partial charge in [0.25, 0.3) is 0 Å². The number of hydrogen-bond donors (Lipinski definition) is 1. The van der Waals surface area contributed by atoms with E-state index in [1.807, 2.05) is 0 Å². The van der Waals surface area contributed by atoms with Crippen molar-refractivity contribution < 1.29 is 21.7 Å². The maximum absolute atomic E-state index is 3.87. The maximum atomic E-state index is 3.87. The molecule has 0 amide bonds. The molecule has 0 radical (unpaired) electrons. The largest absolute Gasteiger partial charge is 0.332 e. The third-order valence-corrected chi connectivity index (χ3v) is 6.73. The number of hydrogen-bond acceptors (Lipinski definition) is 1. The molecule has 20 heavy (non-hydrogen) atoms. The van der Waals surface area contributed by atoms with Gasteiger partial charge in [0.05, 0.1) is 0 Å². The second kappa shape index (κ2) is 8.17. The minimum Gasteiger partial charge on any atom is -0.332 e. The summed E-state index contributed by atoms with van der Waals surface area (Å²) in [6.45, 7) is 11.6. The number of halogens is 2. The molecule has 1 atom stereocenters. The van der Waals surface area contributed by atoms with Gasteiger partial charge in [-0.25, -0.2) is 0 Å². The Hall–Kier alpha value is 0.431. The number of fused-ring (bicyclic) bond motifs is 1. The van der Waals surface area contributed by atoms with E-state index in [4.69, 9.17) is 0 Å². The summed E-state index contributed by atoms with van der Waals surface area (Å²) in [5.41, 5.74) is 3.69. The molecule has 1 nitrogen and oxygen atoms in total. The number of benzene rings is 1. The van der Waals surface area contributed by atoms with Gasteiger partial charge in [-0.1, -0.05) is 49.5 Å². The van der Waals surface area contributed by atoms with Crippen LogP contribution in [0.4, 0.5) is 0 Å². The molecule has 2 rings (SSSR count). The molecule has 1 unspecified atom stereocenters. The van der Waals surface area contributed by atoms with Crippen LogP contribution in [0.3, 0.4) is 0 Å². The van der Waals surface area contributed by atoms with Gasteiger partial charge in [0.2, 0.25) is 0 Å². The molecule has 0 saturated heterocycles. The van der Waals surface area contributed by atoms with E-state index in [9.17, 15) is 0 Å². The van der Waals surface area contributed by atoms with Crippen molar-refractivity contribution in [3.63, 3.8) is 0 Å². The summed E-state index contributed by atoms with van der Waals surface area (Å²) in [6, 6.07) is 8.77. The van der Waals surface area contributed by atoms with Crippen LogP contribution < -0.4 is 4.98 Å². The van der Waals surface area contributed by atoms with Crippen molar-refractivity contribution in [2.45, 2.75) is 44.9 Å². The molecule has 0 spiro atoms.